The molecule has 17 heavy (non-hydrogen) atoms. The second kappa shape index (κ2) is 7.51. The Morgan fingerprint density at radius 1 is 1.35 bits per heavy atom. The van der Waals surface area contributed by atoms with Gasteiger partial charge in [0.15, 0.2) is 0 Å². The fourth-order valence-corrected chi connectivity index (χ4v) is 2.10. The van der Waals surface area contributed by atoms with E-state index in [4.69, 9.17) is 4.74 Å². The molecule has 1 aromatic rings. The van der Waals surface area contributed by atoms with Crippen LogP contribution >= 0.6 is 0 Å². The van der Waals surface area contributed by atoms with Crippen LogP contribution < -0.4 is 5.32 Å². The van der Waals surface area contributed by atoms with Crippen molar-refractivity contribution in [3.8, 4) is 0 Å². The summed E-state index contributed by atoms with van der Waals surface area (Å²) in [5.74, 6) is 0. The molecule has 0 aromatic carbocycles. The molecule has 1 N–H and O–H groups in total. The first-order valence-electron chi connectivity index (χ1n) is 6.56. The number of aryl methyl sites for hydroxylation is 1. The summed E-state index contributed by atoms with van der Waals surface area (Å²) in [6.07, 6.45) is 2.50. The normalized spacial score (nSPS) is 11.1. The van der Waals surface area contributed by atoms with Gasteiger partial charge in [-0.25, -0.2) is 0 Å². The quantitative estimate of drug-likeness (QED) is 0.705. The molecule has 98 valence electrons. The lowest BCUT2D eigenvalue weighted by molar-refractivity contribution is 0.186. The van der Waals surface area contributed by atoms with E-state index in [2.05, 4.69) is 36.7 Å². The molecule has 1 aromatic heterocycles. The van der Waals surface area contributed by atoms with E-state index in [1.54, 1.807) is 7.11 Å². The molecule has 0 unspecified atom stereocenters. The van der Waals surface area contributed by atoms with Gasteiger partial charge in [0.25, 0.3) is 0 Å². The van der Waals surface area contributed by atoms with Crippen molar-refractivity contribution in [1.29, 1.82) is 0 Å². The molecule has 1 heterocycles. The van der Waals surface area contributed by atoms with Crippen LogP contribution in [-0.4, -0.2) is 24.8 Å². The second-order valence-electron chi connectivity index (χ2n) is 4.57. The zero-order valence-corrected chi connectivity index (χ0v) is 11.7. The largest absolute Gasteiger partial charge is 0.383 e. The predicted molar refractivity (Wildman–Crippen MR) is 72.4 cm³/mol. The van der Waals surface area contributed by atoms with E-state index in [-0.39, 0.29) is 0 Å². The van der Waals surface area contributed by atoms with E-state index < -0.39 is 0 Å². The Bertz CT molecular complexity index is 331. The predicted octanol–water partition coefficient (Wildman–Crippen LogP) is 2.64. The lowest BCUT2D eigenvalue weighted by Gasteiger charge is -2.09. The Kier molecular flexibility index (Phi) is 6.30. The number of nitrogens with zero attached hydrogens (tertiary/aromatic N) is 1. The van der Waals surface area contributed by atoms with E-state index >= 15 is 0 Å². The topological polar surface area (TPSA) is 26.2 Å². The zero-order chi connectivity index (χ0) is 12.7. The van der Waals surface area contributed by atoms with Crippen molar-refractivity contribution in [3.63, 3.8) is 0 Å². The molecule has 0 aliphatic carbocycles. The molecule has 3 heteroatoms. The van der Waals surface area contributed by atoms with E-state index in [9.17, 15) is 0 Å². The van der Waals surface area contributed by atoms with E-state index in [1.807, 2.05) is 0 Å². The number of unbranched alkanes of at least 4 members (excludes halogenated alkanes) is 1. The minimum absolute atomic E-state index is 0.777. The maximum absolute atomic E-state index is 5.14. The third-order valence-electron chi connectivity index (χ3n) is 3.22. The van der Waals surface area contributed by atoms with E-state index in [0.717, 1.165) is 26.2 Å². The summed E-state index contributed by atoms with van der Waals surface area (Å²) in [6.45, 7) is 10.4. The average molecular weight is 238 g/mol. The SMILES string of the molecule is CCCCNCc1cc(C)n(CCOC)c1C. The highest BCUT2D eigenvalue weighted by Crippen LogP contribution is 2.14. The number of nitrogens with one attached hydrogen (secondary N) is 1. The average Bonchev–Trinajstić information content (AvgIpc) is 2.58. The van der Waals surface area contributed by atoms with Gasteiger partial charge in [-0.15, -0.1) is 0 Å². The minimum atomic E-state index is 0.777. The van der Waals surface area contributed by atoms with Crippen LogP contribution in [0, 0.1) is 13.8 Å². The molecule has 0 fully saturated rings. The van der Waals surface area contributed by atoms with Crippen LogP contribution in [-0.2, 0) is 17.8 Å². The highest BCUT2D eigenvalue weighted by Gasteiger charge is 2.07. The van der Waals surface area contributed by atoms with Gasteiger partial charge in [-0.3, -0.25) is 0 Å². The first-order chi connectivity index (χ1) is 8.20. The molecule has 3 nitrogen and oxygen atoms in total. The van der Waals surface area contributed by atoms with Crippen LogP contribution in [0.3, 0.4) is 0 Å². The summed E-state index contributed by atoms with van der Waals surface area (Å²) in [6, 6.07) is 2.28. The molecule has 0 saturated carbocycles. The first-order valence-corrected chi connectivity index (χ1v) is 6.56. The van der Waals surface area contributed by atoms with Gasteiger partial charge in [-0.05, 0) is 38.4 Å². The van der Waals surface area contributed by atoms with Crippen molar-refractivity contribution in [1.82, 2.24) is 9.88 Å². The number of hydrogen-bond donors (Lipinski definition) is 1. The van der Waals surface area contributed by atoms with Crippen molar-refractivity contribution < 1.29 is 4.74 Å². The fraction of sp³-hybridized carbons (Fsp3) is 0.714. The van der Waals surface area contributed by atoms with Crippen LogP contribution in [0.4, 0.5) is 0 Å². The Labute approximate surface area is 105 Å². The lowest BCUT2D eigenvalue weighted by atomic mass is 10.2. The van der Waals surface area contributed by atoms with Crippen LogP contribution in [0.2, 0.25) is 0 Å². The summed E-state index contributed by atoms with van der Waals surface area (Å²) >= 11 is 0. The van der Waals surface area contributed by atoms with Crippen LogP contribution in [0.5, 0.6) is 0 Å². The summed E-state index contributed by atoms with van der Waals surface area (Å²) in [5.41, 5.74) is 4.10. The van der Waals surface area contributed by atoms with Crippen molar-refractivity contribution in [2.75, 3.05) is 20.3 Å². The maximum Gasteiger partial charge on any atom is 0.0641 e. The molecule has 0 atom stereocenters. The van der Waals surface area contributed by atoms with Gasteiger partial charge in [0.05, 0.1) is 6.61 Å². The van der Waals surface area contributed by atoms with Gasteiger partial charge < -0.3 is 14.6 Å². The van der Waals surface area contributed by atoms with Gasteiger partial charge in [0.2, 0.25) is 0 Å². The van der Waals surface area contributed by atoms with E-state index in [0.29, 0.717) is 0 Å². The van der Waals surface area contributed by atoms with Gasteiger partial charge in [-0.2, -0.15) is 0 Å². The van der Waals surface area contributed by atoms with Crippen LogP contribution in [0.15, 0.2) is 6.07 Å². The number of aromatic nitrogens is 1. The third-order valence-corrected chi connectivity index (χ3v) is 3.22. The Balaban J connectivity index is 2.55. The highest BCUT2D eigenvalue weighted by molar-refractivity contribution is 5.26. The Morgan fingerprint density at radius 3 is 2.76 bits per heavy atom. The van der Waals surface area contributed by atoms with Crippen LogP contribution in [0.25, 0.3) is 0 Å². The van der Waals surface area contributed by atoms with Gasteiger partial charge >= 0.3 is 0 Å². The molecular formula is C14H26N2O. The van der Waals surface area contributed by atoms with E-state index in [1.165, 1.54) is 29.8 Å². The monoisotopic (exact) mass is 238 g/mol. The lowest BCUT2D eigenvalue weighted by Crippen LogP contribution is -2.15. The number of ether oxygens (including phenoxy) is 1. The number of rotatable bonds is 8. The molecular weight excluding hydrogens is 212 g/mol. The van der Waals surface area contributed by atoms with Crippen molar-refractivity contribution >= 4 is 0 Å². The van der Waals surface area contributed by atoms with Crippen LogP contribution in [0.1, 0.15) is 36.7 Å². The number of methoxy groups -OCH3 is 1. The Morgan fingerprint density at radius 2 is 2.12 bits per heavy atom. The van der Waals surface area contributed by atoms with Gasteiger partial charge in [0, 0.05) is 31.6 Å². The van der Waals surface area contributed by atoms with Gasteiger partial charge in [0.1, 0.15) is 0 Å². The summed E-state index contributed by atoms with van der Waals surface area (Å²) in [5, 5.41) is 3.50. The summed E-state index contributed by atoms with van der Waals surface area (Å²) in [7, 11) is 1.75. The smallest absolute Gasteiger partial charge is 0.0641 e. The second-order valence-corrected chi connectivity index (χ2v) is 4.57. The van der Waals surface area contributed by atoms with Crippen molar-refractivity contribution in [2.45, 2.75) is 46.7 Å². The molecule has 0 bridgehead atoms. The molecule has 0 spiro atoms. The summed E-state index contributed by atoms with van der Waals surface area (Å²) < 4.78 is 7.48. The maximum atomic E-state index is 5.14. The Hall–Kier alpha value is -0.800. The molecule has 0 radical (unpaired) electrons. The standard InChI is InChI=1S/C14H26N2O/c1-5-6-7-15-11-14-10-12(2)16(13(14)3)8-9-17-4/h10,15H,5-9,11H2,1-4H3. The van der Waals surface area contributed by atoms with Crippen molar-refractivity contribution in [2.24, 2.45) is 0 Å². The third kappa shape index (κ3) is 4.17. The molecule has 0 aliphatic heterocycles. The minimum Gasteiger partial charge on any atom is -0.383 e. The fourth-order valence-electron chi connectivity index (χ4n) is 2.10. The summed E-state index contributed by atoms with van der Waals surface area (Å²) in [4.78, 5) is 0. The first kappa shape index (κ1) is 14.3. The van der Waals surface area contributed by atoms with Crippen molar-refractivity contribution in [3.05, 3.63) is 23.0 Å². The molecule has 0 amide bonds. The molecule has 0 aliphatic rings. The molecule has 1 rings (SSSR count). The van der Waals surface area contributed by atoms with Gasteiger partial charge in [-0.1, -0.05) is 13.3 Å². The zero-order valence-electron chi connectivity index (χ0n) is 11.7. The highest BCUT2D eigenvalue weighted by atomic mass is 16.5. The molecule has 0 saturated heterocycles. The number of hydrogen-bond acceptors (Lipinski definition) is 2.